The predicted molar refractivity (Wildman–Crippen MR) is 73.3 cm³/mol. The van der Waals surface area contributed by atoms with E-state index < -0.39 is 10.0 Å². The van der Waals surface area contributed by atoms with Crippen LogP contribution in [0.5, 0.6) is 0 Å². The van der Waals surface area contributed by atoms with E-state index in [2.05, 4.69) is 14.7 Å². The number of anilines is 1. The molecule has 19 heavy (non-hydrogen) atoms. The zero-order valence-electron chi connectivity index (χ0n) is 9.87. The van der Waals surface area contributed by atoms with Crippen molar-refractivity contribution in [2.24, 2.45) is 0 Å². The highest BCUT2D eigenvalue weighted by Gasteiger charge is 2.16. The molecule has 96 valence electrons. The molecule has 0 atom stereocenters. The molecule has 3 rings (SSSR count). The fraction of sp³-hybridized carbons (Fsp3) is 0. The Morgan fingerprint density at radius 3 is 2.74 bits per heavy atom. The number of hydrogen-bond acceptors (Lipinski definition) is 3. The van der Waals surface area contributed by atoms with E-state index in [0.29, 0.717) is 5.69 Å². The van der Waals surface area contributed by atoms with Crippen LogP contribution in [-0.4, -0.2) is 18.4 Å². The lowest BCUT2D eigenvalue weighted by Crippen LogP contribution is -2.14. The number of sulfonamides is 1. The summed E-state index contributed by atoms with van der Waals surface area (Å²) in [4.78, 5) is 6.87. The molecule has 0 amide bonds. The van der Waals surface area contributed by atoms with Crippen molar-refractivity contribution in [1.82, 2.24) is 9.97 Å². The molecule has 0 aliphatic rings. The van der Waals surface area contributed by atoms with Gasteiger partial charge >= 0.3 is 0 Å². The number of nitrogens with one attached hydrogen (secondary N) is 2. The molecule has 0 radical (unpaired) electrons. The molecule has 2 N–H and O–H groups in total. The van der Waals surface area contributed by atoms with Crippen molar-refractivity contribution in [1.29, 1.82) is 0 Å². The average Bonchev–Trinajstić information content (AvgIpc) is 2.89. The van der Waals surface area contributed by atoms with Crippen LogP contribution in [0.2, 0.25) is 0 Å². The standard InChI is InChI=1S/C13H11N3O2S/c17-19(18,12-6-1-2-8-14-12)16-11-5-3-4-10-7-9-15-13(10)11/h1-9,15-16H. The molecule has 0 saturated heterocycles. The smallest absolute Gasteiger partial charge is 0.279 e. The Kier molecular flexibility index (Phi) is 2.72. The molecule has 2 aromatic heterocycles. The number of aromatic nitrogens is 2. The van der Waals surface area contributed by atoms with E-state index in [9.17, 15) is 8.42 Å². The largest absolute Gasteiger partial charge is 0.359 e. The Morgan fingerprint density at radius 2 is 1.95 bits per heavy atom. The van der Waals surface area contributed by atoms with Crippen LogP contribution in [0.3, 0.4) is 0 Å². The van der Waals surface area contributed by atoms with Gasteiger partial charge in [-0.1, -0.05) is 18.2 Å². The van der Waals surface area contributed by atoms with Crippen LogP contribution < -0.4 is 4.72 Å². The normalized spacial score (nSPS) is 11.6. The van der Waals surface area contributed by atoms with Gasteiger partial charge in [0.1, 0.15) is 0 Å². The van der Waals surface area contributed by atoms with Gasteiger partial charge in [0.25, 0.3) is 10.0 Å². The van der Waals surface area contributed by atoms with Gasteiger partial charge in [0, 0.05) is 17.8 Å². The van der Waals surface area contributed by atoms with Crippen molar-refractivity contribution >= 4 is 26.6 Å². The molecular weight excluding hydrogens is 262 g/mol. The van der Waals surface area contributed by atoms with Gasteiger partial charge in [-0.15, -0.1) is 0 Å². The molecule has 0 unspecified atom stereocenters. The Labute approximate surface area is 110 Å². The van der Waals surface area contributed by atoms with Crippen LogP contribution in [0.1, 0.15) is 0 Å². The van der Waals surface area contributed by atoms with Crippen molar-refractivity contribution in [3.05, 3.63) is 54.9 Å². The van der Waals surface area contributed by atoms with E-state index in [1.54, 1.807) is 30.5 Å². The topological polar surface area (TPSA) is 74.8 Å². The maximum Gasteiger partial charge on any atom is 0.279 e. The van der Waals surface area contributed by atoms with Crippen LogP contribution in [0.25, 0.3) is 10.9 Å². The number of fused-ring (bicyclic) bond motifs is 1. The van der Waals surface area contributed by atoms with Crippen molar-refractivity contribution in [3.63, 3.8) is 0 Å². The summed E-state index contributed by atoms with van der Waals surface area (Å²) in [6, 6.07) is 12.1. The zero-order chi connectivity index (χ0) is 13.3. The van der Waals surface area contributed by atoms with Crippen LogP contribution in [0.15, 0.2) is 59.9 Å². The first kappa shape index (κ1) is 11.7. The molecule has 0 aliphatic heterocycles. The van der Waals surface area contributed by atoms with E-state index >= 15 is 0 Å². The number of rotatable bonds is 3. The van der Waals surface area contributed by atoms with Crippen LogP contribution in [0, 0.1) is 0 Å². The minimum absolute atomic E-state index is 0.00133. The summed E-state index contributed by atoms with van der Waals surface area (Å²) < 4.78 is 26.9. The summed E-state index contributed by atoms with van der Waals surface area (Å²) in [5.74, 6) is 0. The first-order chi connectivity index (χ1) is 9.17. The molecule has 0 spiro atoms. The second-order valence-electron chi connectivity index (χ2n) is 4.02. The van der Waals surface area contributed by atoms with Gasteiger partial charge in [-0.2, -0.15) is 8.42 Å². The molecule has 3 aromatic rings. The zero-order valence-corrected chi connectivity index (χ0v) is 10.7. The number of aromatic amines is 1. The highest BCUT2D eigenvalue weighted by molar-refractivity contribution is 7.92. The molecule has 0 fully saturated rings. The van der Waals surface area contributed by atoms with Gasteiger partial charge in [0.15, 0.2) is 5.03 Å². The molecule has 0 bridgehead atoms. The fourth-order valence-corrected chi connectivity index (χ4v) is 2.89. The lowest BCUT2D eigenvalue weighted by Gasteiger charge is -2.08. The third-order valence-corrected chi connectivity index (χ3v) is 4.03. The van der Waals surface area contributed by atoms with E-state index in [-0.39, 0.29) is 5.03 Å². The maximum absolute atomic E-state index is 12.2. The SMILES string of the molecule is O=S(=O)(Nc1cccc2cc[nH]c12)c1ccccn1. The van der Waals surface area contributed by atoms with Gasteiger partial charge in [-0.05, 0) is 24.3 Å². The lowest BCUT2D eigenvalue weighted by molar-refractivity contribution is 0.597. The molecule has 6 heteroatoms. The molecular formula is C13H11N3O2S. The summed E-state index contributed by atoms with van der Waals surface area (Å²) >= 11 is 0. The van der Waals surface area contributed by atoms with Gasteiger partial charge in [-0.25, -0.2) is 4.98 Å². The first-order valence-corrected chi connectivity index (χ1v) is 7.15. The van der Waals surface area contributed by atoms with Crippen molar-refractivity contribution in [2.45, 2.75) is 5.03 Å². The summed E-state index contributed by atoms with van der Waals surface area (Å²) in [5, 5.41) is 0.944. The van der Waals surface area contributed by atoms with Gasteiger partial charge in [0.2, 0.25) is 0 Å². The first-order valence-electron chi connectivity index (χ1n) is 5.67. The quantitative estimate of drug-likeness (QED) is 0.769. The third-order valence-electron chi connectivity index (χ3n) is 2.74. The molecule has 0 aliphatic carbocycles. The highest BCUT2D eigenvalue weighted by Crippen LogP contribution is 2.23. The number of nitrogens with zero attached hydrogens (tertiary/aromatic N) is 1. The highest BCUT2D eigenvalue weighted by atomic mass is 32.2. The Morgan fingerprint density at radius 1 is 1.05 bits per heavy atom. The van der Waals surface area contributed by atoms with Gasteiger partial charge in [0.05, 0.1) is 11.2 Å². The Hall–Kier alpha value is -2.34. The Balaban J connectivity index is 2.04. The van der Waals surface area contributed by atoms with Crippen molar-refractivity contribution in [2.75, 3.05) is 4.72 Å². The molecule has 1 aromatic carbocycles. The second kappa shape index (κ2) is 4.40. The predicted octanol–water partition coefficient (Wildman–Crippen LogP) is 2.36. The number of H-pyrrole nitrogens is 1. The number of benzene rings is 1. The molecule has 2 heterocycles. The van der Waals surface area contributed by atoms with E-state index in [1.165, 1.54) is 12.3 Å². The Bertz CT molecular complexity index is 810. The summed E-state index contributed by atoms with van der Waals surface area (Å²) in [6.45, 7) is 0. The van der Waals surface area contributed by atoms with Crippen LogP contribution in [0.4, 0.5) is 5.69 Å². The van der Waals surface area contributed by atoms with E-state index in [0.717, 1.165) is 10.9 Å². The molecule has 5 nitrogen and oxygen atoms in total. The van der Waals surface area contributed by atoms with E-state index in [1.807, 2.05) is 12.1 Å². The summed E-state index contributed by atoms with van der Waals surface area (Å²) in [5.41, 5.74) is 1.26. The summed E-state index contributed by atoms with van der Waals surface area (Å²) in [6.07, 6.45) is 3.22. The third kappa shape index (κ3) is 2.17. The number of pyridine rings is 1. The van der Waals surface area contributed by atoms with Crippen molar-refractivity contribution < 1.29 is 8.42 Å². The number of hydrogen-bond donors (Lipinski definition) is 2. The van der Waals surface area contributed by atoms with Gasteiger partial charge in [-0.3, -0.25) is 4.72 Å². The van der Waals surface area contributed by atoms with Crippen LogP contribution >= 0.6 is 0 Å². The second-order valence-corrected chi connectivity index (χ2v) is 5.65. The fourth-order valence-electron chi connectivity index (χ4n) is 1.87. The maximum atomic E-state index is 12.2. The lowest BCUT2D eigenvalue weighted by atomic mass is 10.2. The van der Waals surface area contributed by atoms with Gasteiger partial charge < -0.3 is 4.98 Å². The summed E-state index contributed by atoms with van der Waals surface area (Å²) in [7, 11) is -3.66. The number of para-hydroxylation sites is 1. The van der Waals surface area contributed by atoms with Crippen LogP contribution in [-0.2, 0) is 10.0 Å². The minimum Gasteiger partial charge on any atom is -0.359 e. The minimum atomic E-state index is -3.66. The molecule has 0 saturated carbocycles. The van der Waals surface area contributed by atoms with E-state index in [4.69, 9.17) is 0 Å². The average molecular weight is 273 g/mol. The monoisotopic (exact) mass is 273 g/mol. The van der Waals surface area contributed by atoms with Crippen molar-refractivity contribution in [3.8, 4) is 0 Å².